The van der Waals surface area contributed by atoms with E-state index >= 15 is 0 Å². The fourth-order valence-electron chi connectivity index (χ4n) is 5.69. The van der Waals surface area contributed by atoms with Gasteiger partial charge in [-0.25, -0.2) is 9.97 Å². The summed E-state index contributed by atoms with van der Waals surface area (Å²) in [4.78, 5) is 21.3. The molecule has 4 rings (SSSR count). The zero-order valence-corrected chi connectivity index (χ0v) is 22.9. The minimum Gasteiger partial charge on any atom is -0.444 e. The highest BCUT2D eigenvalue weighted by Gasteiger charge is 2.27. The van der Waals surface area contributed by atoms with Crippen LogP contribution >= 0.6 is 0 Å². The number of nitriles is 1. The minimum atomic E-state index is -0.166. The minimum absolute atomic E-state index is 0.100. The van der Waals surface area contributed by atoms with Crippen LogP contribution in [-0.4, -0.2) is 30.3 Å². The number of rotatable bonds is 16. The lowest BCUT2D eigenvalue weighted by molar-refractivity contribution is -0.147. The summed E-state index contributed by atoms with van der Waals surface area (Å²) in [7, 11) is 0. The van der Waals surface area contributed by atoms with Crippen molar-refractivity contribution in [3.63, 3.8) is 0 Å². The Balaban J connectivity index is 1.29. The second kappa shape index (κ2) is 14.7. The zero-order chi connectivity index (χ0) is 26.6. The van der Waals surface area contributed by atoms with Crippen molar-refractivity contribution in [2.45, 2.75) is 116 Å². The van der Waals surface area contributed by atoms with Crippen LogP contribution in [0.1, 0.15) is 109 Å². The van der Waals surface area contributed by atoms with Gasteiger partial charge in [0.15, 0.2) is 6.73 Å². The van der Waals surface area contributed by atoms with Gasteiger partial charge in [-0.2, -0.15) is 10.4 Å². The first-order chi connectivity index (χ1) is 18.7. The second-order valence-electron chi connectivity index (χ2n) is 10.7. The molecule has 1 saturated carbocycles. The number of fused-ring (bicyclic) bond motifs is 1. The van der Waals surface area contributed by atoms with Crippen molar-refractivity contribution in [2.75, 3.05) is 0 Å². The number of unbranched alkanes of at least 4 members (excludes halogenated alkanes) is 8. The lowest BCUT2D eigenvalue weighted by atomic mass is 9.96. The molecule has 0 amide bonds. The normalized spacial score (nSPS) is 14.6. The van der Waals surface area contributed by atoms with Crippen molar-refractivity contribution >= 4 is 17.0 Å². The Morgan fingerprint density at radius 2 is 1.84 bits per heavy atom. The van der Waals surface area contributed by atoms with E-state index in [-0.39, 0.29) is 18.7 Å². The number of hydrogen-bond acceptors (Lipinski definition) is 6. The third-order valence-electron chi connectivity index (χ3n) is 7.86. The van der Waals surface area contributed by atoms with Crippen molar-refractivity contribution in [3.8, 4) is 17.3 Å². The zero-order valence-electron chi connectivity index (χ0n) is 22.9. The maximum Gasteiger partial charge on any atom is 0.307 e. The van der Waals surface area contributed by atoms with Crippen LogP contribution in [0.3, 0.4) is 0 Å². The molecule has 0 aromatic carbocycles. The number of esters is 1. The van der Waals surface area contributed by atoms with E-state index < -0.39 is 0 Å². The van der Waals surface area contributed by atoms with E-state index in [4.69, 9.17) is 4.74 Å². The number of carbonyl (C=O) groups is 1. The Bertz CT molecular complexity index is 1190. The van der Waals surface area contributed by atoms with Gasteiger partial charge in [-0.1, -0.05) is 71.1 Å². The summed E-state index contributed by atoms with van der Waals surface area (Å²) in [6.07, 6.45) is 23.9. The van der Waals surface area contributed by atoms with E-state index in [9.17, 15) is 10.1 Å². The highest BCUT2D eigenvalue weighted by Crippen LogP contribution is 2.36. The van der Waals surface area contributed by atoms with Crippen LogP contribution in [0.5, 0.6) is 0 Å². The summed E-state index contributed by atoms with van der Waals surface area (Å²) in [6.45, 7) is 2.38. The van der Waals surface area contributed by atoms with Gasteiger partial charge in [-0.3, -0.25) is 14.0 Å². The van der Waals surface area contributed by atoms with Crippen LogP contribution in [0.2, 0.25) is 0 Å². The van der Waals surface area contributed by atoms with Gasteiger partial charge in [0.2, 0.25) is 0 Å². The summed E-state index contributed by atoms with van der Waals surface area (Å²) >= 11 is 0. The van der Waals surface area contributed by atoms with Gasteiger partial charge in [-0.15, -0.1) is 0 Å². The Labute approximate surface area is 226 Å². The summed E-state index contributed by atoms with van der Waals surface area (Å²) in [5.41, 5.74) is 2.42. The standard InChI is InChI=1S/C30H42N6O2/c1-2-3-4-5-6-7-8-9-10-15-28(37)38-23-35-19-17-26-29(32-22-33-30(26)35)25-20-34-36(21-25)27(16-18-31)24-13-11-12-14-24/h17,19-22,24,27H,2-16,23H2,1H3/t27-/m1/s1. The lowest BCUT2D eigenvalue weighted by Crippen LogP contribution is -2.17. The molecule has 38 heavy (non-hydrogen) atoms. The molecule has 1 fully saturated rings. The van der Waals surface area contributed by atoms with Crippen LogP contribution in [-0.2, 0) is 16.3 Å². The molecular weight excluding hydrogens is 476 g/mol. The van der Waals surface area contributed by atoms with Crippen molar-refractivity contribution in [2.24, 2.45) is 5.92 Å². The largest absolute Gasteiger partial charge is 0.444 e. The van der Waals surface area contributed by atoms with Crippen LogP contribution in [0.15, 0.2) is 31.0 Å². The molecule has 0 bridgehead atoms. The summed E-state index contributed by atoms with van der Waals surface area (Å²) in [5, 5.41) is 14.9. The Hall–Kier alpha value is -3.21. The predicted molar refractivity (Wildman–Crippen MR) is 148 cm³/mol. The van der Waals surface area contributed by atoms with E-state index in [0.29, 0.717) is 18.8 Å². The average Bonchev–Trinajstić information content (AvgIpc) is 3.71. The monoisotopic (exact) mass is 518 g/mol. The molecule has 204 valence electrons. The van der Waals surface area contributed by atoms with E-state index in [0.717, 1.165) is 48.0 Å². The van der Waals surface area contributed by atoms with Gasteiger partial charge in [0.05, 0.1) is 30.4 Å². The molecular formula is C30H42N6O2. The van der Waals surface area contributed by atoms with Gasteiger partial charge in [0.25, 0.3) is 0 Å². The maximum absolute atomic E-state index is 12.3. The molecule has 0 saturated heterocycles. The average molecular weight is 519 g/mol. The van der Waals surface area contributed by atoms with Crippen molar-refractivity contribution in [1.82, 2.24) is 24.3 Å². The van der Waals surface area contributed by atoms with Crippen molar-refractivity contribution in [1.29, 1.82) is 5.26 Å². The topological polar surface area (TPSA) is 98.6 Å². The smallest absolute Gasteiger partial charge is 0.307 e. The highest BCUT2D eigenvalue weighted by atomic mass is 16.5. The predicted octanol–water partition coefficient (Wildman–Crippen LogP) is 7.36. The quantitative estimate of drug-likeness (QED) is 0.145. The molecule has 0 N–H and O–H groups in total. The molecule has 0 aliphatic heterocycles. The first-order valence-electron chi connectivity index (χ1n) is 14.6. The molecule has 1 aliphatic carbocycles. The molecule has 0 radical (unpaired) electrons. The number of nitrogens with zero attached hydrogens (tertiary/aromatic N) is 6. The Morgan fingerprint density at radius 3 is 2.58 bits per heavy atom. The van der Waals surface area contributed by atoms with Gasteiger partial charge < -0.3 is 4.74 Å². The molecule has 0 spiro atoms. The van der Waals surface area contributed by atoms with Crippen LogP contribution in [0.25, 0.3) is 22.3 Å². The van der Waals surface area contributed by atoms with Crippen LogP contribution in [0, 0.1) is 17.2 Å². The van der Waals surface area contributed by atoms with E-state index in [1.165, 1.54) is 57.8 Å². The molecule has 3 aromatic rings. The second-order valence-corrected chi connectivity index (χ2v) is 10.7. The number of aromatic nitrogens is 5. The number of hydrogen-bond donors (Lipinski definition) is 0. The molecule has 3 aromatic heterocycles. The van der Waals surface area contributed by atoms with Crippen molar-refractivity contribution in [3.05, 3.63) is 31.0 Å². The molecule has 8 heteroatoms. The SMILES string of the molecule is CCCCCCCCCCCC(=O)OCn1ccc2c(-c3cnn([C@H](CC#N)C4CCCC4)c3)ncnc21. The highest BCUT2D eigenvalue weighted by molar-refractivity contribution is 5.90. The molecule has 3 heterocycles. The summed E-state index contributed by atoms with van der Waals surface area (Å²) in [5.74, 6) is 0.333. The van der Waals surface area contributed by atoms with Gasteiger partial charge in [0, 0.05) is 29.8 Å². The summed E-state index contributed by atoms with van der Waals surface area (Å²) in [6, 6.07) is 4.41. The fourth-order valence-corrected chi connectivity index (χ4v) is 5.69. The molecule has 0 unspecified atom stereocenters. The fraction of sp³-hybridized carbons (Fsp3) is 0.633. The molecule has 8 nitrogen and oxygen atoms in total. The third kappa shape index (κ3) is 7.43. The Morgan fingerprint density at radius 1 is 1.11 bits per heavy atom. The lowest BCUT2D eigenvalue weighted by Gasteiger charge is -2.21. The van der Waals surface area contributed by atoms with Gasteiger partial charge >= 0.3 is 5.97 Å². The van der Waals surface area contributed by atoms with Crippen LogP contribution < -0.4 is 0 Å². The third-order valence-corrected chi connectivity index (χ3v) is 7.86. The van der Waals surface area contributed by atoms with Gasteiger partial charge in [-0.05, 0) is 31.2 Å². The van der Waals surface area contributed by atoms with E-state index in [1.54, 1.807) is 6.33 Å². The van der Waals surface area contributed by atoms with E-state index in [1.807, 2.05) is 33.9 Å². The van der Waals surface area contributed by atoms with E-state index in [2.05, 4.69) is 28.1 Å². The summed E-state index contributed by atoms with van der Waals surface area (Å²) < 4.78 is 9.34. The number of ether oxygens (including phenoxy) is 1. The van der Waals surface area contributed by atoms with Gasteiger partial charge in [0.1, 0.15) is 12.0 Å². The Kier molecular flexibility index (Phi) is 10.7. The van der Waals surface area contributed by atoms with Crippen molar-refractivity contribution < 1.29 is 9.53 Å². The first-order valence-corrected chi connectivity index (χ1v) is 14.6. The maximum atomic E-state index is 12.3. The molecule has 1 atom stereocenters. The first kappa shape index (κ1) is 27.8. The molecule has 1 aliphatic rings. The van der Waals surface area contributed by atoms with Crippen LogP contribution in [0.4, 0.5) is 0 Å². The number of carbonyl (C=O) groups excluding carboxylic acids is 1.